The molecule has 1 fully saturated rings. The zero-order chi connectivity index (χ0) is 13.7. The van der Waals surface area contributed by atoms with Gasteiger partial charge < -0.3 is 10.1 Å². The van der Waals surface area contributed by atoms with Crippen molar-refractivity contribution in [3.8, 4) is 0 Å². The number of anilines is 1. The fourth-order valence-electron chi connectivity index (χ4n) is 2.67. The Morgan fingerprint density at radius 1 is 1.53 bits per heavy atom. The molecule has 0 aromatic carbocycles. The highest BCUT2D eigenvalue weighted by Gasteiger charge is 2.23. The zero-order valence-electron chi connectivity index (χ0n) is 11.7. The van der Waals surface area contributed by atoms with Crippen molar-refractivity contribution in [1.29, 1.82) is 0 Å². The van der Waals surface area contributed by atoms with E-state index in [1.807, 2.05) is 6.92 Å². The predicted molar refractivity (Wildman–Crippen MR) is 75.2 cm³/mol. The van der Waals surface area contributed by atoms with Gasteiger partial charge in [0.05, 0.1) is 6.61 Å². The maximum atomic E-state index is 11.8. The molecule has 1 heterocycles. The largest absolute Gasteiger partial charge is 0.462 e. The second kappa shape index (κ2) is 6.55. The number of hydrogen-bond acceptors (Lipinski definition) is 4. The average molecular weight is 262 g/mol. The van der Waals surface area contributed by atoms with Crippen molar-refractivity contribution in [2.45, 2.75) is 33.1 Å². The number of ether oxygens (including phenoxy) is 1. The van der Waals surface area contributed by atoms with Gasteiger partial charge in [-0.15, -0.1) is 0 Å². The van der Waals surface area contributed by atoms with Crippen LogP contribution in [0.15, 0.2) is 18.3 Å². The first-order chi connectivity index (χ1) is 9.22. The maximum absolute atomic E-state index is 11.8. The molecule has 0 spiro atoms. The Hall–Kier alpha value is -1.58. The number of hydrogen-bond donors (Lipinski definition) is 1. The summed E-state index contributed by atoms with van der Waals surface area (Å²) in [7, 11) is 0. The molecular weight excluding hydrogens is 240 g/mol. The lowest BCUT2D eigenvalue weighted by Gasteiger charge is -2.17. The number of pyridine rings is 1. The highest BCUT2D eigenvalue weighted by atomic mass is 16.5. The van der Waals surface area contributed by atoms with Gasteiger partial charge in [-0.2, -0.15) is 0 Å². The number of nitrogens with zero attached hydrogens (tertiary/aromatic N) is 1. The van der Waals surface area contributed by atoms with E-state index in [1.54, 1.807) is 18.3 Å². The Labute approximate surface area is 114 Å². The van der Waals surface area contributed by atoms with E-state index in [9.17, 15) is 4.79 Å². The van der Waals surface area contributed by atoms with Gasteiger partial charge in [-0.3, -0.25) is 0 Å². The number of rotatable bonds is 5. The first-order valence-corrected chi connectivity index (χ1v) is 7.08. The van der Waals surface area contributed by atoms with Gasteiger partial charge in [0.25, 0.3) is 0 Å². The maximum Gasteiger partial charge on any atom is 0.341 e. The molecule has 4 nitrogen and oxygen atoms in total. The molecule has 1 N–H and O–H groups in total. The minimum Gasteiger partial charge on any atom is -0.462 e. The van der Waals surface area contributed by atoms with Crippen LogP contribution in [0.4, 0.5) is 5.82 Å². The molecule has 1 aromatic heterocycles. The second-order valence-corrected chi connectivity index (χ2v) is 5.17. The van der Waals surface area contributed by atoms with Crippen molar-refractivity contribution in [3.05, 3.63) is 23.9 Å². The monoisotopic (exact) mass is 262 g/mol. The second-order valence-electron chi connectivity index (χ2n) is 5.17. The number of aromatic nitrogens is 1. The Balaban J connectivity index is 2.01. The van der Waals surface area contributed by atoms with Crippen LogP contribution in [-0.2, 0) is 4.74 Å². The quantitative estimate of drug-likeness (QED) is 0.828. The predicted octanol–water partition coefficient (Wildman–Crippen LogP) is 3.11. The van der Waals surface area contributed by atoms with Crippen molar-refractivity contribution in [2.75, 3.05) is 18.5 Å². The van der Waals surface area contributed by atoms with Crippen molar-refractivity contribution >= 4 is 11.8 Å². The first-order valence-electron chi connectivity index (χ1n) is 7.08. The molecule has 2 atom stereocenters. The molecule has 2 rings (SSSR count). The standard InChI is InChI=1S/C15H22N2O2/c1-3-19-15(18)13-8-5-9-16-14(13)17-10-12-7-4-6-11(12)2/h5,8-9,11-12H,3-4,6-7,10H2,1-2H3,(H,16,17). The van der Waals surface area contributed by atoms with E-state index in [0.29, 0.717) is 23.9 Å². The van der Waals surface area contributed by atoms with Crippen LogP contribution >= 0.6 is 0 Å². The third kappa shape index (κ3) is 3.46. The van der Waals surface area contributed by atoms with Crippen LogP contribution in [-0.4, -0.2) is 24.1 Å². The summed E-state index contributed by atoms with van der Waals surface area (Å²) in [4.78, 5) is 16.1. The van der Waals surface area contributed by atoms with E-state index >= 15 is 0 Å². The normalized spacial score (nSPS) is 22.2. The molecule has 1 aliphatic rings. The molecule has 19 heavy (non-hydrogen) atoms. The lowest BCUT2D eigenvalue weighted by atomic mass is 9.98. The molecule has 1 aromatic rings. The minimum absolute atomic E-state index is 0.308. The van der Waals surface area contributed by atoms with E-state index in [0.717, 1.165) is 12.5 Å². The van der Waals surface area contributed by atoms with Crippen LogP contribution in [0.2, 0.25) is 0 Å². The Bertz CT molecular complexity index is 434. The van der Waals surface area contributed by atoms with Crippen LogP contribution in [0.1, 0.15) is 43.5 Å². The van der Waals surface area contributed by atoms with Gasteiger partial charge >= 0.3 is 5.97 Å². The molecular formula is C15H22N2O2. The van der Waals surface area contributed by atoms with Crippen molar-refractivity contribution in [1.82, 2.24) is 4.98 Å². The van der Waals surface area contributed by atoms with Gasteiger partial charge in [0.15, 0.2) is 0 Å². The molecule has 104 valence electrons. The highest BCUT2D eigenvalue weighted by molar-refractivity contribution is 5.94. The number of carbonyl (C=O) groups is 1. The van der Waals surface area contributed by atoms with Crippen LogP contribution in [0.3, 0.4) is 0 Å². The van der Waals surface area contributed by atoms with E-state index < -0.39 is 0 Å². The van der Waals surface area contributed by atoms with E-state index in [4.69, 9.17) is 4.74 Å². The van der Waals surface area contributed by atoms with Crippen LogP contribution in [0.25, 0.3) is 0 Å². The van der Waals surface area contributed by atoms with Crippen LogP contribution < -0.4 is 5.32 Å². The molecule has 0 saturated heterocycles. The van der Waals surface area contributed by atoms with E-state index in [1.165, 1.54) is 19.3 Å². The summed E-state index contributed by atoms with van der Waals surface area (Å²) in [5.74, 6) is 1.76. The average Bonchev–Trinajstić information content (AvgIpc) is 2.82. The highest BCUT2D eigenvalue weighted by Crippen LogP contribution is 2.31. The van der Waals surface area contributed by atoms with Gasteiger partial charge in [0, 0.05) is 12.7 Å². The molecule has 2 unspecified atom stereocenters. The third-order valence-electron chi connectivity index (χ3n) is 3.87. The van der Waals surface area contributed by atoms with Crippen molar-refractivity contribution in [2.24, 2.45) is 11.8 Å². The Morgan fingerprint density at radius 3 is 3.05 bits per heavy atom. The first kappa shape index (κ1) is 13.8. The molecule has 0 bridgehead atoms. The fraction of sp³-hybridized carbons (Fsp3) is 0.600. The molecule has 4 heteroatoms. The summed E-state index contributed by atoms with van der Waals surface area (Å²) >= 11 is 0. The lowest BCUT2D eigenvalue weighted by molar-refractivity contribution is 0.0527. The van der Waals surface area contributed by atoms with Crippen LogP contribution in [0.5, 0.6) is 0 Å². The van der Waals surface area contributed by atoms with Crippen LogP contribution in [0, 0.1) is 11.8 Å². The molecule has 0 aliphatic heterocycles. The van der Waals surface area contributed by atoms with Gasteiger partial charge in [-0.25, -0.2) is 9.78 Å². The van der Waals surface area contributed by atoms with Crippen molar-refractivity contribution in [3.63, 3.8) is 0 Å². The summed E-state index contributed by atoms with van der Waals surface area (Å²) in [6.45, 7) is 5.36. The van der Waals surface area contributed by atoms with Crippen molar-refractivity contribution < 1.29 is 9.53 Å². The number of esters is 1. The lowest BCUT2D eigenvalue weighted by Crippen LogP contribution is -2.19. The number of carbonyl (C=O) groups excluding carboxylic acids is 1. The molecule has 0 radical (unpaired) electrons. The van der Waals surface area contributed by atoms with Gasteiger partial charge in [-0.05, 0) is 37.3 Å². The molecule has 0 amide bonds. The van der Waals surface area contributed by atoms with E-state index in [-0.39, 0.29) is 5.97 Å². The Morgan fingerprint density at radius 2 is 2.37 bits per heavy atom. The number of nitrogens with one attached hydrogen (secondary N) is 1. The fourth-order valence-corrected chi connectivity index (χ4v) is 2.67. The molecule has 1 aliphatic carbocycles. The van der Waals surface area contributed by atoms with Gasteiger partial charge in [-0.1, -0.05) is 19.8 Å². The van der Waals surface area contributed by atoms with Gasteiger partial charge in [0.2, 0.25) is 0 Å². The Kier molecular flexibility index (Phi) is 4.77. The summed E-state index contributed by atoms with van der Waals surface area (Å²) in [6.07, 6.45) is 5.57. The summed E-state index contributed by atoms with van der Waals surface area (Å²) in [5, 5.41) is 3.31. The zero-order valence-corrected chi connectivity index (χ0v) is 11.7. The summed E-state index contributed by atoms with van der Waals surface area (Å²) in [6, 6.07) is 3.51. The van der Waals surface area contributed by atoms with E-state index in [2.05, 4.69) is 17.2 Å². The third-order valence-corrected chi connectivity index (χ3v) is 3.87. The topological polar surface area (TPSA) is 51.2 Å². The summed E-state index contributed by atoms with van der Waals surface area (Å²) in [5.41, 5.74) is 0.523. The SMILES string of the molecule is CCOC(=O)c1cccnc1NCC1CCCC1C. The smallest absolute Gasteiger partial charge is 0.341 e. The molecule has 1 saturated carbocycles. The summed E-state index contributed by atoms with van der Waals surface area (Å²) < 4.78 is 5.04. The van der Waals surface area contributed by atoms with Gasteiger partial charge in [0.1, 0.15) is 11.4 Å². The minimum atomic E-state index is -0.308.